The summed E-state index contributed by atoms with van der Waals surface area (Å²) in [6, 6.07) is 21.3. The maximum atomic E-state index is 13.4. The second kappa shape index (κ2) is 13.2. The minimum Gasteiger partial charge on any atom is -0.381 e. The van der Waals surface area contributed by atoms with Crippen molar-refractivity contribution in [2.75, 3.05) is 36.8 Å². The summed E-state index contributed by atoms with van der Waals surface area (Å²) in [5.74, 6) is -0.342. The van der Waals surface area contributed by atoms with Crippen LogP contribution in [0.3, 0.4) is 0 Å². The molecule has 0 saturated carbocycles. The predicted molar refractivity (Wildman–Crippen MR) is 181 cm³/mol. The van der Waals surface area contributed by atoms with Gasteiger partial charge >= 0.3 is 0 Å². The van der Waals surface area contributed by atoms with E-state index in [1.54, 1.807) is 24.3 Å². The molecule has 4 aliphatic rings. The molecule has 252 valence electrons. The number of benzene rings is 4. The fourth-order valence-electron chi connectivity index (χ4n) is 7.39. The van der Waals surface area contributed by atoms with Crippen LogP contribution in [-0.4, -0.2) is 55.1 Å². The van der Waals surface area contributed by atoms with Crippen molar-refractivity contribution in [3.8, 4) is 0 Å². The molecule has 2 saturated heterocycles. The van der Waals surface area contributed by atoms with Crippen molar-refractivity contribution >= 4 is 31.0 Å². The molecule has 0 amide bonds. The van der Waals surface area contributed by atoms with E-state index in [1.165, 1.54) is 42.5 Å². The van der Waals surface area contributed by atoms with Crippen LogP contribution in [0.2, 0.25) is 0 Å². The molecule has 48 heavy (non-hydrogen) atoms. The first-order valence-electron chi connectivity index (χ1n) is 16.3. The molecule has 2 fully saturated rings. The Balaban J connectivity index is 0.000000152. The Morgan fingerprint density at radius 1 is 0.500 bits per heavy atom. The highest BCUT2D eigenvalue weighted by Gasteiger charge is 2.35. The van der Waals surface area contributed by atoms with Gasteiger partial charge in [0.2, 0.25) is 19.7 Å². The van der Waals surface area contributed by atoms with E-state index >= 15 is 0 Å². The van der Waals surface area contributed by atoms with Gasteiger partial charge in [-0.1, -0.05) is 6.07 Å². The summed E-state index contributed by atoms with van der Waals surface area (Å²) in [5, 5.41) is 13.8. The molecule has 4 heterocycles. The summed E-state index contributed by atoms with van der Waals surface area (Å²) in [5.41, 5.74) is 4.18. The molecule has 0 unspecified atom stereocenters. The summed E-state index contributed by atoms with van der Waals surface area (Å²) in [4.78, 5) is 0.611. The van der Waals surface area contributed by atoms with Crippen LogP contribution in [0.1, 0.15) is 48.6 Å². The lowest BCUT2D eigenvalue weighted by atomic mass is 9.91. The number of fused-ring (bicyclic) bond motifs is 6. The Bertz CT molecular complexity index is 2040. The lowest BCUT2D eigenvalue weighted by molar-refractivity contribution is 0.576. The smallest absolute Gasteiger partial charge is 0.206 e. The fourth-order valence-corrected chi connectivity index (χ4v) is 10.0. The van der Waals surface area contributed by atoms with Crippen LogP contribution in [0, 0.1) is 11.6 Å². The van der Waals surface area contributed by atoms with Gasteiger partial charge in [-0.25, -0.2) is 25.6 Å². The molecule has 8 nitrogen and oxygen atoms in total. The van der Waals surface area contributed by atoms with Crippen molar-refractivity contribution in [1.82, 2.24) is 10.6 Å². The number of sulfone groups is 2. The number of hydrogen-bond donors (Lipinski definition) is 4. The Morgan fingerprint density at radius 3 is 1.48 bits per heavy atom. The predicted octanol–water partition coefficient (Wildman–Crippen LogP) is 5.84. The first-order chi connectivity index (χ1) is 23.1. The van der Waals surface area contributed by atoms with Crippen molar-refractivity contribution in [2.24, 2.45) is 0 Å². The highest BCUT2D eigenvalue weighted by atomic mass is 32.2. The van der Waals surface area contributed by atoms with Gasteiger partial charge in [0, 0.05) is 35.3 Å². The fraction of sp³-hybridized carbons (Fsp3) is 0.333. The van der Waals surface area contributed by atoms with E-state index in [1.807, 2.05) is 12.1 Å². The van der Waals surface area contributed by atoms with Gasteiger partial charge in [0.05, 0.1) is 19.6 Å². The molecule has 0 spiro atoms. The topological polar surface area (TPSA) is 116 Å². The number of halogens is 2. The largest absolute Gasteiger partial charge is 0.381 e. The van der Waals surface area contributed by atoms with Gasteiger partial charge in [0.25, 0.3) is 0 Å². The molecular formula is C36H38F2N4O4S2. The Kier molecular flexibility index (Phi) is 9.01. The number of anilines is 2. The summed E-state index contributed by atoms with van der Waals surface area (Å²) in [7, 11) is -7.35. The van der Waals surface area contributed by atoms with Crippen LogP contribution in [0.15, 0.2) is 105 Å². The molecule has 0 aromatic heterocycles. The van der Waals surface area contributed by atoms with Crippen molar-refractivity contribution in [1.29, 1.82) is 0 Å². The van der Waals surface area contributed by atoms with Gasteiger partial charge in [0.1, 0.15) is 11.6 Å². The highest BCUT2D eigenvalue weighted by molar-refractivity contribution is 7.91. The van der Waals surface area contributed by atoms with Gasteiger partial charge in [0.15, 0.2) is 0 Å². The Labute approximate surface area is 280 Å². The van der Waals surface area contributed by atoms with E-state index in [0.717, 1.165) is 80.4 Å². The van der Waals surface area contributed by atoms with Crippen molar-refractivity contribution in [2.45, 2.75) is 69.2 Å². The molecule has 0 radical (unpaired) electrons. The molecule has 4 atom stereocenters. The Hall–Kier alpha value is -3.84. The summed E-state index contributed by atoms with van der Waals surface area (Å²) < 4.78 is 77.8. The summed E-state index contributed by atoms with van der Waals surface area (Å²) >= 11 is 0. The lowest BCUT2D eigenvalue weighted by Crippen LogP contribution is -2.21. The first-order valence-corrected chi connectivity index (χ1v) is 19.3. The van der Waals surface area contributed by atoms with Crippen LogP contribution in [0.25, 0.3) is 0 Å². The van der Waals surface area contributed by atoms with Crippen LogP contribution in [0.5, 0.6) is 0 Å². The Morgan fingerprint density at radius 2 is 0.958 bits per heavy atom. The minimum atomic E-state index is -3.71. The molecule has 8 rings (SSSR count). The first kappa shape index (κ1) is 32.7. The second-order valence-electron chi connectivity index (χ2n) is 12.8. The van der Waals surface area contributed by atoms with Crippen molar-refractivity contribution in [3.63, 3.8) is 0 Å². The van der Waals surface area contributed by atoms with E-state index in [9.17, 15) is 25.6 Å². The lowest BCUT2D eigenvalue weighted by Gasteiger charge is -2.16. The molecule has 12 heteroatoms. The maximum absolute atomic E-state index is 13.4. The molecule has 0 aliphatic carbocycles. The average Bonchev–Trinajstić information content (AvgIpc) is 3.37. The maximum Gasteiger partial charge on any atom is 0.206 e. The molecule has 4 aliphatic heterocycles. The SMILES string of the molecule is O=S(=O)(c1ccc(F)cc1)c1ccc2c(c1)[C@H]1CCNCC[C@@H]1N2.O=S(=O)(c1cccc(F)c1)c1ccc2c(c1)[C@H]1CCNCC[C@@H]1N2. The van der Waals surface area contributed by atoms with Crippen LogP contribution in [-0.2, 0) is 19.7 Å². The van der Waals surface area contributed by atoms with E-state index < -0.39 is 31.3 Å². The normalized spacial score (nSPS) is 23.0. The molecule has 4 aromatic carbocycles. The molecule has 4 N–H and O–H groups in total. The molecular weight excluding hydrogens is 655 g/mol. The third-order valence-corrected chi connectivity index (χ3v) is 13.4. The average molecular weight is 693 g/mol. The standard InChI is InChI=1S/2C18H19FN2O2S/c19-12-1-3-13(4-2-12)24(22,23)14-5-6-17-16(11-14)15-7-9-20-10-8-18(15)21-17;19-12-2-1-3-13(10-12)24(22,23)14-4-5-17-16(11-14)15-6-8-20-9-7-18(15)21-17/h1-6,11,15,18,20-21H,7-10H2;1-5,10-11,15,18,20-21H,6-9H2/t2*15-,18+/m11/s1. The quantitative estimate of drug-likeness (QED) is 0.197. The minimum absolute atomic E-state index is 0.00695. The van der Waals surface area contributed by atoms with Crippen LogP contribution < -0.4 is 21.3 Å². The molecule has 4 aromatic rings. The van der Waals surface area contributed by atoms with E-state index in [0.29, 0.717) is 23.9 Å². The van der Waals surface area contributed by atoms with Gasteiger partial charge in [-0.05, 0) is 142 Å². The van der Waals surface area contributed by atoms with Gasteiger partial charge in [-0.3, -0.25) is 0 Å². The zero-order valence-electron chi connectivity index (χ0n) is 26.3. The monoisotopic (exact) mass is 692 g/mol. The van der Waals surface area contributed by atoms with Gasteiger partial charge in [-0.15, -0.1) is 0 Å². The van der Waals surface area contributed by atoms with E-state index in [-0.39, 0.29) is 19.6 Å². The zero-order chi connectivity index (χ0) is 33.5. The van der Waals surface area contributed by atoms with Crippen LogP contribution in [0.4, 0.5) is 20.2 Å². The van der Waals surface area contributed by atoms with E-state index in [2.05, 4.69) is 21.3 Å². The highest BCUT2D eigenvalue weighted by Crippen LogP contribution is 2.43. The molecule has 0 bridgehead atoms. The van der Waals surface area contributed by atoms with Gasteiger partial charge in [-0.2, -0.15) is 0 Å². The third kappa shape index (κ3) is 6.34. The summed E-state index contributed by atoms with van der Waals surface area (Å²) in [6.45, 7) is 3.82. The number of nitrogens with one attached hydrogen (secondary N) is 4. The van der Waals surface area contributed by atoms with Crippen molar-refractivity contribution in [3.05, 3.63) is 108 Å². The van der Waals surface area contributed by atoms with E-state index in [4.69, 9.17) is 0 Å². The zero-order valence-corrected chi connectivity index (χ0v) is 27.9. The number of rotatable bonds is 4. The van der Waals surface area contributed by atoms with Crippen molar-refractivity contribution < 1.29 is 25.6 Å². The summed E-state index contributed by atoms with van der Waals surface area (Å²) in [6.07, 6.45) is 4.02. The van der Waals surface area contributed by atoms with Gasteiger partial charge < -0.3 is 21.3 Å². The van der Waals surface area contributed by atoms with Crippen LogP contribution >= 0.6 is 0 Å². The number of hydrogen-bond acceptors (Lipinski definition) is 8. The second-order valence-corrected chi connectivity index (χ2v) is 16.7. The third-order valence-electron chi connectivity index (χ3n) is 9.88.